The largest absolute Gasteiger partial charge is 0.485 e. The molecule has 4 atom stereocenters. The molecule has 1 aromatic rings. The van der Waals surface area contributed by atoms with Crippen molar-refractivity contribution in [3.63, 3.8) is 0 Å². The minimum atomic E-state index is -0.138. The van der Waals surface area contributed by atoms with Gasteiger partial charge in [0.15, 0.2) is 0 Å². The Bertz CT molecular complexity index is 447. The van der Waals surface area contributed by atoms with Gasteiger partial charge in [-0.2, -0.15) is 0 Å². The van der Waals surface area contributed by atoms with E-state index in [0.29, 0.717) is 12.1 Å². The van der Waals surface area contributed by atoms with E-state index in [1.165, 1.54) is 18.4 Å². The van der Waals surface area contributed by atoms with Crippen molar-refractivity contribution < 1.29 is 4.74 Å². The number of piperidine rings is 1. The van der Waals surface area contributed by atoms with E-state index in [0.717, 1.165) is 18.6 Å². The van der Waals surface area contributed by atoms with E-state index in [2.05, 4.69) is 17.4 Å². The summed E-state index contributed by atoms with van der Waals surface area (Å²) < 4.78 is 6.26. The van der Waals surface area contributed by atoms with Crippen molar-refractivity contribution in [3.05, 3.63) is 29.8 Å². The fourth-order valence-corrected chi connectivity index (χ4v) is 3.88. The summed E-state index contributed by atoms with van der Waals surface area (Å²) in [6.07, 6.45) is 4.66. The molecule has 3 N–H and O–H groups in total. The Kier molecular flexibility index (Phi) is 1.89. The first-order valence-electron chi connectivity index (χ1n) is 6.56. The third-order valence-corrected chi connectivity index (χ3v) is 4.65. The van der Waals surface area contributed by atoms with E-state index >= 15 is 0 Å². The van der Waals surface area contributed by atoms with Gasteiger partial charge in [-0.25, -0.2) is 0 Å². The minimum absolute atomic E-state index is 0.0453. The Hall–Kier alpha value is -1.06. The van der Waals surface area contributed by atoms with Crippen LogP contribution in [0.15, 0.2) is 24.3 Å². The van der Waals surface area contributed by atoms with Crippen molar-refractivity contribution in [3.8, 4) is 5.75 Å². The first kappa shape index (κ1) is 9.92. The number of hydrogen-bond donors (Lipinski definition) is 2. The van der Waals surface area contributed by atoms with Gasteiger partial charge in [-0.15, -0.1) is 0 Å². The molecule has 1 aromatic carbocycles. The fraction of sp³-hybridized carbons (Fsp3) is 0.571. The molecule has 17 heavy (non-hydrogen) atoms. The second kappa shape index (κ2) is 3.24. The van der Waals surface area contributed by atoms with Crippen molar-refractivity contribution in [1.29, 1.82) is 0 Å². The maximum absolute atomic E-state index is 6.46. The van der Waals surface area contributed by atoms with Crippen LogP contribution in [0.2, 0.25) is 0 Å². The molecule has 2 bridgehead atoms. The van der Waals surface area contributed by atoms with Gasteiger partial charge in [0.25, 0.3) is 0 Å². The lowest BCUT2D eigenvalue weighted by molar-refractivity contribution is 0.0183. The van der Waals surface area contributed by atoms with E-state index in [1.807, 2.05) is 12.1 Å². The van der Waals surface area contributed by atoms with Crippen molar-refractivity contribution in [2.24, 2.45) is 5.73 Å². The van der Waals surface area contributed by atoms with Crippen LogP contribution in [-0.4, -0.2) is 17.7 Å². The summed E-state index contributed by atoms with van der Waals surface area (Å²) in [6, 6.07) is 9.50. The summed E-state index contributed by atoms with van der Waals surface area (Å²) in [5.41, 5.74) is 7.51. The van der Waals surface area contributed by atoms with Crippen LogP contribution < -0.4 is 15.8 Å². The molecule has 0 radical (unpaired) electrons. The van der Waals surface area contributed by atoms with E-state index in [-0.39, 0.29) is 11.6 Å². The Balaban J connectivity index is 1.73. The topological polar surface area (TPSA) is 47.3 Å². The minimum Gasteiger partial charge on any atom is -0.485 e. The van der Waals surface area contributed by atoms with Crippen LogP contribution in [0.1, 0.15) is 37.3 Å². The molecule has 4 rings (SSSR count). The van der Waals surface area contributed by atoms with Crippen molar-refractivity contribution in [2.45, 2.75) is 49.4 Å². The molecule has 3 nitrogen and oxygen atoms in total. The normalized spacial score (nSPS) is 42.5. The third kappa shape index (κ3) is 1.30. The molecule has 3 aliphatic heterocycles. The number of para-hydroxylation sites is 1. The number of benzene rings is 1. The van der Waals surface area contributed by atoms with Crippen LogP contribution in [-0.2, 0) is 0 Å². The van der Waals surface area contributed by atoms with Gasteiger partial charge in [-0.05, 0) is 18.9 Å². The van der Waals surface area contributed by atoms with Crippen molar-refractivity contribution >= 4 is 0 Å². The average Bonchev–Trinajstić information content (AvgIpc) is 2.80. The van der Waals surface area contributed by atoms with Gasteiger partial charge >= 0.3 is 0 Å². The van der Waals surface area contributed by atoms with Gasteiger partial charge in [-0.3, -0.25) is 0 Å². The van der Waals surface area contributed by atoms with Crippen LogP contribution in [0.25, 0.3) is 0 Å². The fourth-order valence-electron chi connectivity index (χ4n) is 3.88. The molecule has 3 aliphatic rings. The van der Waals surface area contributed by atoms with Crippen LogP contribution in [0.4, 0.5) is 0 Å². The first-order chi connectivity index (χ1) is 8.27. The van der Waals surface area contributed by atoms with Crippen molar-refractivity contribution in [1.82, 2.24) is 5.32 Å². The quantitative estimate of drug-likeness (QED) is 0.713. The Morgan fingerprint density at radius 2 is 1.88 bits per heavy atom. The third-order valence-electron chi connectivity index (χ3n) is 4.65. The van der Waals surface area contributed by atoms with Crippen LogP contribution >= 0.6 is 0 Å². The first-order valence-corrected chi connectivity index (χ1v) is 6.56. The van der Waals surface area contributed by atoms with E-state index < -0.39 is 0 Å². The predicted octanol–water partition coefficient (Wildman–Crippen LogP) is 1.73. The second-order valence-corrected chi connectivity index (χ2v) is 5.73. The summed E-state index contributed by atoms with van der Waals surface area (Å²) in [7, 11) is 0. The summed E-state index contributed by atoms with van der Waals surface area (Å²) >= 11 is 0. The highest BCUT2D eigenvalue weighted by atomic mass is 16.5. The molecule has 2 saturated heterocycles. The smallest absolute Gasteiger partial charge is 0.131 e. The highest BCUT2D eigenvalue weighted by Crippen LogP contribution is 2.50. The molecule has 0 amide bonds. The summed E-state index contributed by atoms with van der Waals surface area (Å²) in [4.78, 5) is 0. The zero-order valence-electron chi connectivity index (χ0n) is 9.86. The van der Waals surface area contributed by atoms with Gasteiger partial charge in [0.2, 0.25) is 0 Å². The van der Waals surface area contributed by atoms with E-state index in [4.69, 9.17) is 10.5 Å². The summed E-state index contributed by atoms with van der Waals surface area (Å²) in [5.74, 6) is 1.00. The van der Waals surface area contributed by atoms with Crippen molar-refractivity contribution in [2.75, 3.05) is 0 Å². The molecule has 0 aliphatic carbocycles. The molecule has 2 fully saturated rings. The Morgan fingerprint density at radius 1 is 1.18 bits per heavy atom. The van der Waals surface area contributed by atoms with Gasteiger partial charge in [0.05, 0.1) is 6.04 Å². The van der Waals surface area contributed by atoms with E-state index in [1.54, 1.807) is 0 Å². The molecule has 90 valence electrons. The lowest BCUT2D eigenvalue weighted by Crippen LogP contribution is -2.54. The predicted molar refractivity (Wildman–Crippen MR) is 65.9 cm³/mol. The maximum atomic E-state index is 6.46. The Labute approximate surface area is 101 Å². The highest BCUT2D eigenvalue weighted by Gasteiger charge is 2.53. The molecule has 0 saturated carbocycles. The van der Waals surface area contributed by atoms with Crippen LogP contribution in [0.3, 0.4) is 0 Å². The average molecular weight is 230 g/mol. The maximum Gasteiger partial charge on any atom is 0.131 e. The van der Waals surface area contributed by atoms with E-state index in [9.17, 15) is 0 Å². The zero-order valence-corrected chi connectivity index (χ0v) is 9.86. The molecule has 1 spiro atoms. The zero-order chi connectivity index (χ0) is 11.5. The van der Waals surface area contributed by atoms with Gasteiger partial charge in [-0.1, -0.05) is 18.2 Å². The SMILES string of the molecule is N[C@@H]1c2ccccc2O[C@]12CC1CC[C@H](C2)N1. The number of rotatable bonds is 0. The van der Waals surface area contributed by atoms with Gasteiger partial charge in [0, 0.05) is 30.5 Å². The standard InChI is InChI=1S/C14H18N2O/c15-13-11-3-1-2-4-12(11)17-14(13)7-9-5-6-10(8-14)16-9/h1-4,9-10,13,16H,5-8,15H2/t9-,10?,13-,14-/m1/s1. The van der Waals surface area contributed by atoms with Crippen LogP contribution in [0.5, 0.6) is 5.75 Å². The molecule has 1 unspecified atom stereocenters. The molecule has 3 heteroatoms. The van der Waals surface area contributed by atoms with Crippen LogP contribution in [0, 0.1) is 0 Å². The second-order valence-electron chi connectivity index (χ2n) is 5.73. The lowest BCUT2D eigenvalue weighted by atomic mass is 9.80. The summed E-state index contributed by atoms with van der Waals surface area (Å²) in [6.45, 7) is 0. The monoisotopic (exact) mass is 230 g/mol. The Morgan fingerprint density at radius 3 is 2.59 bits per heavy atom. The number of hydrogen-bond acceptors (Lipinski definition) is 3. The lowest BCUT2D eigenvalue weighted by Gasteiger charge is -2.40. The number of nitrogens with two attached hydrogens (primary N) is 1. The molecule has 0 aromatic heterocycles. The molecular weight excluding hydrogens is 212 g/mol. The number of ether oxygens (including phenoxy) is 1. The molecular formula is C14H18N2O. The summed E-state index contributed by atoms with van der Waals surface area (Å²) in [5, 5.41) is 3.65. The van der Waals surface area contributed by atoms with Gasteiger partial charge in [0.1, 0.15) is 11.4 Å². The van der Waals surface area contributed by atoms with Gasteiger partial charge < -0.3 is 15.8 Å². The highest BCUT2D eigenvalue weighted by molar-refractivity contribution is 5.43. The molecule has 3 heterocycles. The number of fused-ring (bicyclic) bond motifs is 3. The number of nitrogens with one attached hydrogen (secondary N) is 1.